The van der Waals surface area contributed by atoms with Crippen molar-refractivity contribution in [1.82, 2.24) is 24.4 Å². The van der Waals surface area contributed by atoms with E-state index in [1.54, 1.807) is 12.1 Å². The van der Waals surface area contributed by atoms with E-state index in [-0.39, 0.29) is 5.82 Å². The molecular formula is C24H20FN5. The van der Waals surface area contributed by atoms with Gasteiger partial charge < -0.3 is 0 Å². The number of hydrogen-bond acceptors (Lipinski definition) is 3. The lowest BCUT2D eigenvalue weighted by Gasteiger charge is -2.21. The first kappa shape index (κ1) is 17.3. The summed E-state index contributed by atoms with van der Waals surface area (Å²) in [5.74, 6) is 1.89. The number of benzene rings is 2. The second-order valence-corrected chi connectivity index (χ2v) is 8.01. The van der Waals surface area contributed by atoms with Crippen molar-refractivity contribution < 1.29 is 4.39 Å². The van der Waals surface area contributed by atoms with E-state index in [4.69, 9.17) is 15.2 Å². The Balaban J connectivity index is 1.68. The molecule has 0 unspecified atom stereocenters. The lowest BCUT2D eigenvalue weighted by atomic mass is 9.85. The number of aromatic nitrogens is 5. The van der Waals surface area contributed by atoms with E-state index in [1.807, 2.05) is 33.6 Å². The van der Waals surface area contributed by atoms with E-state index in [0.717, 1.165) is 57.7 Å². The van der Waals surface area contributed by atoms with Gasteiger partial charge in [-0.05, 0) is 55.2 Å². The van der Waals surface area contributed by atoms with E-state index < -0.39 is 0 Å². The standard InChI is InChI=1S/C24H20FN5/c1-15-4-2-7-18-14-26-30(22(15)18)24-20(16-8-10-19(25)11-9-16)12-13-21-27-23(28-29(21)24)17-5-3-6-17/h2,4,7-14,17H,3,5-6H2,1H3. The Morgan fingerprint density at radius 3 is 2.60 bits per heavy atom. The number of fused-ring (bicyclic) bond motifs is 2. The minimum absolute atomic E-state index is 0.255. The van der Waals surface area contributed by atoms with Gasteiger partial charge in [-0.2, -0.15) is 9.61 Å². The molecule has 148 valence electrons. The molecule has 0 bridgehead atoms. The van der Waals surface area contributed by atoms with Crippen LogP contribution in [-0.4, -0.2) is 24.4 Å². The van der Waals surface area contributed by atoms with Crippen LogP contribution in [0.3, 0.4) is 0 Å². The van der Waals surface area contributed by atoms with Gasteiger partial charge >= 0.3 is 0 Å². The monoisotopic (exact) mass is 397 g/mol. The van der Waals surface area contributed by atoms with E-state index in [1.165, 1.54) is 18.6 Å². The van der Waals surface area contributed by atoms with E-state index in [0.29, 0.717) is 5.92 Å². The highest BCUT2D eigenvalue weighted by Gasteiger charge is 2.25. The van der Waals surface area contributed by atoms with Gasteiger partial charge in [-0.25, -0.2) is 14.1 Å². The zero-order chi connectivity index (χ0) is 20.2. The van der Waals surface area contributed by atoms with Crippen molar-refractivity contribution in [2.24, 2.45) is 0 Å². The number of nitrogens with zero attached hydrogens (tertiary/aromatic N) is 5. The van der Waals surface area contributed by atoms with Crippen LogP contribution in [0.1, 0.15) is 36.6 Å². The first-order valence-electron chi connectivity index (χ1n) is 10.3. The largest absolute Gasteiger partial charge is 0.214 e. The van der Waals surface area contributed by atoms with Gasteiger partial charge in [0, 0.05) is 16.9 Å². The predicted molar refractivity (Wildman–Crippen MR) is 114 cm³/mol. The summed E-state index contributed by atoms with van der Waals surface area (Å²) in [4.78, 5) is 4.81. The average Bonchev–Trinajstić information content (AvgIpc) is 3.31. The van der Waals surface area contributed by atoms with Crippen molar-refractivity contribution in [3.8, 4) is 16.9 Å². The molecule has 2 aromatic carbocycles. The molecule has 1 saturated carbocycles. The summed E-state index contributed by atoms with van der Waals surface area (Å²) >= 11 is 0. The van der Waals surface area contributed by atoms with Crippen LogP contribution in [-0.2, 0) is 0 Å². The SMILES string of the molecule is Cc1cccc2cnn(-c3c(-c4ccc(F)cc4)ccc4nc(C5CCC5)nn34)c12. The van der Waals surface area contributed by atoms with Crippen LogP contribution in [0.5, 0.6) is 0 Å². The second-order valence-electron chi connectivity index (χ2n) is 8.01. The van der Waals surface area contributed by atoms with Gasteiger partial charge in [0.1, 0.15) is 5.82 Å². The summed E-state index contributed by atoms with van der Waals surface area (Å²) in [7, 11) is 0. The molecule has 0 N–H and O–H groups in total. The molecule has 0 atom stereocenters. The Morgan fingerprint density at radius 2 is 1.83 bits per heavy atom. The van der Waals surface area contributed by atoms with E-state index in [2.05, 4.69) is 19.1 Å². The number of pyridine rings is 1. The normalized spacial score (nSPS) is 14.5. The summed E-state index contributed by atoms with van der Waals surface area (Å²) in [5, 5.41) is 10.7. The molecule has 0 spiro atoms. The predicted octanol–water partition coefficient (Wildman–Crippen LogP) is 5.45. The molecule has 1 fully saturated rings. The van der Waals surface area contributed by atoms with E-state index in [9.17, 15) is 4.39 Å². The highest BCUT2D eigenvalue weighted by Crippen LogP contribution is 2.36. The zero-order valence-corrected chi connectivity index (χ0v) is 16.6. The topological polar surface area (TPSA) is 48.0 Å². The fourth-order valence-corrected chi connectivity index (χ4v) is 4.26. The number of hydrogen-bond donors (Lipinski definition) is 0. The third-order valence-corrected chi connectivity index (χ3v) is 6.11. The Kier molecular flexibility index (Phi) is 3.75. The summed E-state index contributed by atoms with van der Waals surface area (Å²) < 4.78 is 17.4. The highest BCUT2D eigenvalue weighted by molar-refractivity contribution is 5.85. The molecule has 6 heteroatoms. The van der Waals surface area contributed by atoms with Crippen LogP contribution in [0.2, 0.25) is 0 Å². The van der Waals surface area contributed by atoms with Gasteiger partial charge in [0.15, 0.2) is 17.3 Å². The maximum absolute atomic E-state index is 13.6. The van der Waals surface area contributed by atoms with Gasteiger partial charge in [0.05, 0.1) is 11.7 Å². The van der Waals surface area contributed by atoms with Crippen LogP contribution in [0.4, 0.5) is 4.39 Å². The Morgan fingerprint density at radius 1 is 1.00 bits per heavy atom. The van der Waals surface area contributed by atoms with Gasteiger partial charge in [0.25, 0.3) is 0 Å². The Labute approximate surface area is 172 Å². The molecule has 5 aromatic rings. The molecule has 30 heavy (non-hydrogen) atoms. The zero-order valence-electron chi connectivity index (χ0n) is 16.6. The lowest BCUT2D eigenvalue weighted by molar-refractivity contribution is 0.401. The Hall–Kier alpha value is -3.54. The molecule has 1 aliphatic carbocycles. The first-order valence-corrected chi connectivity index (χ1v) is 10.3. The van der Waals surface area contributed by atoms with Crippen LogP contribution < -0.4 is 0 Å². The third-order valence-electron chi connectivity index (χ3n) is 6.11. The van der Waals surface area contributed by atoms with Crippen LogP contribution in [0.25, 0.3) is 33.5 Å². The minimum atomic E-state index is -0.255. The van der Waals surface area contributed by atoms with Crippen LogP contribution in [0.15, 0.2) is 60.8 Å². The molecule has 3 aromatic heterocycles. The highest BCUT2D eigenvalue weighted by atomic mass is 19.1. The quantitative estimate of drug-likeness (QED) is 0.407. The lowest BCUT2D eigenvalue weighted by Crippen LogP contribution is -2.11. The van der Waals surface area contributed by atoms with Crippen molar-refractivity contribution >= 4 is 16.6 Å². The molecule has 3 heterocycles. The average molecular weight is 397 g/mol. The fraction of sp³-hybridized carbons (Fsp3) is 0.208. The Bertz CT molecular complexity index is 1390. The number of para-hydroxylation sites is 1. The fourth-order valence-electron chi connectivity index (χ4n) is 4.26. The third kappa shape index (κ3) is 2.56. The molecule has 0 radical (unpaired) electrons. The summed E-state index contributed by atoms with van der Waals surface area (Å²) in [6.45, 7) is 2.08. The van der Waals surface area contributed by atoms with Gasteiger partial charge in [-0.1, -0.05) is 36.8 Å². The molecule has 0 aliphatic heterocycles. The maximum Gasteiger partial charge on any atom is 0.165 e. The smallest absolute Gasteiger partial charge is 0.165 e. The molecule has 1 aliphatic rings. The summed E-state index contributed by atoms with van der Waals surface area (Å²) in [6.07, 6.45) is 5.39. The maximum atomic E-state index is 13.6. The van der Waals surface area contributed by atoms with Crippen LogP contribution >= 0.6 is 0 Å². The van der Waals surface area contributed by atoms with Crippen molar-refractivity contribution in [1.29, 1.82) is 0 Å². The molecule has 5 nitrogen and oxygen atoms in total. The number of aryl methyl sites for hydroxylation is 1. The molecule has 6 rings (SSSR count). The second kappa shape index (κ2) is 6.49. The van der Waals surface area contributed by atoms with Gasteiger partial charge in [-0.3, -0.25) is 0 Å². The summed E-state index contributed by atoms with van der Waals surface area (Å²) in [5.41, 5.74) is 4.81. The van der Waals surface area contributed by atoms with Gasteiger partial charge in [-0.15, -0.1) is 5.10 Å². The molecular weight excluding hydrogens is 377 g/mol. The van der Waals surface area contributed by atoms with Crippen molar-refractivity contribution in [2.45, 2.75) is 32.1 Å². The molecule has 0 saturated heterocycles. The number of halogens is 1. The van der Waals surface area contributed by atoms with E-state index >= 15 is 0 Å². The van der Waals surface area contributed by atoms with Crippen molar-refractivity contribution in [3.63, 3.8) is 0 Å². The number of rotatable bonds is 3. The van der Waals surface area contributed by atoms with Crippen molar-refractivity contribution in [3.05, 3.63) is 78.0 Å². The minimum Gasteiger partial charge on any atom is -0.214 e. The van der Waals surface area contributed by atoms with Gasteiger partial charge in [0.2, 0.25) is 0 Å². The summed E-state index contributed by atoms with van der Waals surface area (Å²) in [6, 6.07) is 16.7. The first-order chi connectivity index (χ1) is 14.7. The molecule has 0 amide bonds. The van der Waals surface area contributed by atoms with Crippen LogP contribution in [0, 0.1) is 12.7 Å². The van der Waals surface area contributed by atoms with Crippen molar-refractivity contribution in [2.75, 3.05) is 0 Å².